The highest BCUT2D eigenvalue weighted by atomic mass is 79.9. The number of hydrogen-bond acceptors (Lipinski definition) is 4. The summed E-state index contributed by atoms with van der Waals surface area (Å²) < 4.78 is 5.65. The number of aromatic nitrogens is 1. The highest BCUT2D eigenvalue weighted by Gasteiger charge is 2.11. The molecule has 1 N–H and O–H groups in total. The van der Waals surface area contributed by atoms with Crippen molar-refractivity contribution in [2.45, 2.75) is 26.2 Å². The summed E-state index contributed by atoms with van der Waals surface area (Å²) in [6.07, 6.45) is 4.01. The summed E-state index contributed by atoms with van der Waals surface area (Å²) in [5.74, 6) is -0.497. The van der Waals surface area contributed by atoms with Gasteiger partial charge in [-0.15, -0.1) is 0 Å². The fourth-order valence-electron chi connectivity index (χ4n) is 2.07. The molecule has 0 aliphatic rings. The first-order valence-electron chi connectivity index (χ1n) is 7.67. The van der Waals surface area contributed by atoms with E-state index in [4.69, 9.17) is 4.74 Å². The predicted molar refractivity (Wildman–Crippen MR) is 96.0 cm³/mol. The predicted octanol–water partition coefficient (Wildman–Crippen LogP) is 4.15. The minimum absolute atomic E-state index is 0.287. The Morgan fingerprint density at radius 2 is 1.96 bits per heavy atom. The van der Waals surface area contributed by atoms with Crippen molar-refractivity contribution in [1.82, 2.24) is 4.98 Å². The normalized spacial score (nSPS) is 11.6. The smallest absolute Gasteiger partial charge is 0.340 e. The number of benzene rings is 1. The van der Waals surface area contributed by atoms with Crippen molar-refractivity contribution in [2.75, 3.05) is 11.9 Å². The zero-order valence-corrected chi connectivity index (χ0v) is 15.2. The van der Waals surface area contributed by atoms with Gasteiger partial charge >= 0.3 is 5.97 Å². The molecule has 1 heterocycles. The zero-order valence-electron chi connectivity index (χ0n) is 13.6. The summed E-state index contributed by atoms with van der Waals surface area (Å²) >= 11 is 3.23. The van der Waals surface area contributed by atoms with Crippen molar-refractivity contribution in [1.29, 1.82) is 0 Å². The van der Waals surface area contributed by atoms with Crippen LogP contribution in [0, 0.1) is 0 Å². The van der Waals surface area contributed by atoms with E-state index in [0.29, 0.717) is 16.1 Å². The molecule has 5 nitrogen and oxygen atoms in total. The van der Waals surface area contributed by atoms with Gasteiger partial charge in [0.15, 0.2) is 6.61 Å². The number of nitrogens with one attached hydrogen (secondary N) is 1. The van der Waals surface area contributed by atoms with Gasteiger partial charge in [-0.2, -0.15) is 0 Å². The fourth-order valence-corrected chi connectivity index (χ4v) is 2.43. The van der Waals surface area contributed by atoms with Crippen LogP contribution in [0.3, 0.4) is 0 Å². The summed E-state index contributed by atoms with van der Waals surface area (Å²) in [5, 5.41) is 2.70. The number of carbonyl (C=O) groups excluding carboxylic acids is 2. The van der Waals surface area contributed by atoms with Gasteiger partial charge in [0.05, 0.1) is 5.56 Å². The molecule has 0 spiro atoms. The fraction of sp³-hybridized carbons (Fsp3) is 0.278. The molecule has 0 aliphatic carbocycles. The van der Waals surface area contributed by atoms with E-state index in [9.17, 15) is 9.59 Å². The number of ether oxygens (including phenoxy) is 1. The molecule has 2 aromatic rings. The van der Waals surface area contributed by atoms with Crippen molar-refractivity contribution < 1.29 is 14.3 Å². The highest BCUT2D eigenvalue weighted by Crippen LogP contribution is 2.20. The van der Waals surface area contributed by atoms with Gasteiger partial charge < -0.3 is 10.1 Å². The Morgan fingerprint density at radius 1 is 1.25 bits per heavy atom. The zero-order chi connectivity index (χ0) is 17.5. The lowest BCUT2D eigenvalue weighted by molar-refractivity contribution is -0.119. The molecule has 1 amide bonds. The highest BCUT2D eigenvalue weighted by molar-refractivity contribution is 9.10. The number of anilines is 1. The summed E-state index contributed by atoms with van der Waals surface area (Å²) in [5.41, 5.74) is 2.19. The Balaban J connectivity index is 1.86. The van der Waals surface area contributed by atoms with Gasteiger partial charge in [0.2, 0.25) is 0 Å². The van der Waals surface area contributed by atoms with Crippen LogP contribution < -0.4 is 5.32 Å². The van der Waals surface area contributed by atoms with E-state index in [1.807, 2.05) is 24.3 Å². The second kappa shape index (κ2) is 8.59. The molecule has 0 saturated heterocycles. The first-order chi connectivity index (χ1) is 11.5. The second-order valence-corrected chi connectivity index (χ2v) is 6.36. The average Bonchev–Trinajstić information content (AvgIpc) is 2.59. The van der Waals surface area contributed by atoms with Crippen LogP contribution in [0.25, 0.3) is 0 Å². The second-order valence-electron chi connectivity index (χ2n) is 5.45. The van der Waals surface area contributed by atoms with Gasteiger partial charge in [-0.1, -0.05) is 26.0 Å². The monoisotopic (exact) mass is 390 g/mol. The van der Waals surface area contributed by atoms with Crippen molar-refractivity contribution in [3.63, 3.8) is 0 Å². The lowest BCUT2D eigenvalue weighted by Crippen LogP contribution is -2.21. The number of rotatable bonds is 6. The van der Waals surface area contributed by atoms with Crippen LogP contribution in [0.2, 0.25) is 0 Å². The van der Waals surface area contributed by atoms with E-state index >= 15 is 0 Å². The van der Waals surface area contributed by atoms with Crippen LogP contribution in [0.15, 0.2) is 47.2 Å². The quantitative estimate of drug-likeness (QED) is 0.752. The summed E-state index contributed by atoms with van der Waals surface area (Å²) in [6.45, 7) is 3.94. The minimum atomic E-state index is -0.592. The third-order valence-electron chi connectivity index (χ3n) is 3.65. The Labute approximate surface area is 149 Å². The first-order valence-corrected chi connectivity index (χ1v) is 8.46. The number of hydrogen-bond donors (Lipinski definition) is 1. The van der Waals surface area contributed by atoms with Crippen LogP contribution in [0.1, 0.15) is 42.1 Å². The van der Waals surface area contributed by atoms with Gasteiger partial charge in [-0.05, 0) is 52.0 Å². The molecule has 1 aromatic heterocycles. The molecule has 1 aromatic carbocycles. The molecule has 0 unspecified atom stereocenters. The molecule has 0 bridgehead atoms. The van der Waals surface area contributed by atoms with E-state index < -0.39 is 5.97 Å². The van der Waals surface area contributed by atoms with Crippen LogP contribution in [0.5, 0.6) is 0 Å². The SMILES string of the molecule is CC[C@H](C)c1ccc(NC(=O)COC(=O)c2cncc(Br)c2)cc1. The standard InChI is InChI=1S/C18H19BrN2O3/c1-3-12(2)13-4-6-16(7-5-13)21-17(22)11-24-18(23)14-8-15(19)10-20-9-14/h4-10,12H,3,11H2,1-2H3,(H,21,22)/t12-/m0/s1. The molecular formula is C18H19BrN2O3. The number of nitrogens with zero attached hydrogens (tertiary/aromatic N) is 1. The van der Waals surface area contributed by atoms with Crippen LogP contribution >= 0.6 is 15.9 Å². The Hall–Kier alpha value is -2.21. The number of esters is 1. The minimum Gasteiger partial charge on any atom is -0.452 e. The maximum atomic E-state index is 11.9. The Bertz CT molecular complexity index is 716. The molecule has 0 saturated carbocycles. The molecule has 0 aliphatic heterocycles. The number of halogens is 1. The third kappa shape index (κ3) is 5.16. The number of carbonyl (C=O) groups is 2. The van der Waals surface area contributed by atoms with E-state index in [-0.39, 0.29) is 18.1 Å². The Morgan fingerprint density at radius 3 is 2.58 bits per heavy atom. The topological polar surface area (TPSA) is 68.3 Å². The molecule has 1 atom stereocenters. The van der Waals surface area contributed by atoms with E-state index in [0.717, 1.165) is 6.42 Å². The summed E-state index contributed by atoms with van der Waals surface area (Å²) in [6, 6.07) is 9.26. The summed E-state index contributed by atoms with van der Waals surface area (Å²) in [7, 11) is 0. The van der Waals surface area contributed by atoms with Crippen molar-refractivity contribution in [2.24, 2.45) is 0 Å². The van der Waals surface area contributed by atoms with E-state index in [2.05, 4.69) is 40.1 Å². The van der Waals surface area contributed by atoms with Gasteiger partial charge in [0, 0.05) is 22.6 Å². The lowest BCUT2D eigenvalue weighted by atomic mass is 9.99. The van der Waals surface area contributed by atoms with Crippen LogP contribution in [-0.4, -0.2) is 23.5 Å². The van der Waals surface area contributed by atoms with Gasteiger partial charge in [0.1, 0.15) is 0 Å². The third-order valence-corrected chi connectivity index (χ3v) is 4.08. The van der Waals surface area contributed by atoms with E-state index in [1.54, 1.807) is 12.3 Å². The molecule has 126 valence electrons. The molecule has 2 rings (SSSR count). The first kappa shape index (κ1) is 18.1. The molecule has 0 radical (unpaired) electrons. The van der Waals surface area contributed by atoms with Crippen molar-refractivity contribution >= 4 is 33.5 Å². The van der Waals surface area contributed by atoms with Crippen LogP contribution in [-0.2, 0) is 9.53 Å². The molecular weight excluding hydrogens is 372 g/mol. The van der Waals surface area contributed by atoms with Crippen LogP contribution in [0.4, 0.5) is 5.69 Å². The number of pyridine rings is 1. The van der Waals surface area contributed by atoms with Gasteiger partial charge in [-0.3, -0.25) is 9.78 Å². The van der Waals surface area contributed by atoms with Gasteiger partial charge in [0.25, 0.3) is 5.91 Å². The maximum Gasteiger partial charge on any atom is 0.340 e. The largest absolute Gasteiger partial charge is 0.452 e. The van der Waals surface area contributed by atoms with Crippen molar-refractivity contribution in [3.05, 3.63) is 58.3 Å². The Kier molecular flexibility index (Phi) is 6.49. The summed E-state index contributed by atoms with van der Waals surface area (Å²) in [4.78, 5) is 27.6. The molecule has 24 heavy (non-hydrogen) atoms. The molecule has 6 heteroatoms. The number of amides is 1. The van der Waals surface area contributed by atoms with Crippen molar-refractivity contribution in [3.8, 4) is 0 Å². The maximum absolute atomic E-state index is 11.9. The van der Waals surface area contributed by atoms with E-state index in [1.165, 1.54) is 11.8 Å². The lowest BCUT2D eigenvalue weighted by Gasteiger charge is -2.10. The molecule has 0 fully saturated rings. The van der Waals surface area contributed by atoms with Gasteiger partial charge in [-0.25, -0.2) is 4.79 Å². The average molecular weight is 391 g/mol.